The van der Waals surface area contributed by atoms with Crippen LogP contribution in [-0.2, 0) is 11.3 Å². The van der Waals surface area contributed by atoms with Crippen LogP contribution in [0.5, 0.6) is 0 Å². The van der Waals surface area contributed by atoms with Gasteiger partial charge in [-0.05, 0) is 67.1 Å². The van der Waals surface area contributed by atoms with Crippen molar-refractivity contribution >= 4 is 33.1 Å². The van der Waals surface area contributed by atoms with Crippen LogP contribution in [0.1, 0.15) is 16.7 Å². The summed E-state index contributed by atoms with van der Waals surface area (Å²) < 4.78 is 16.6. The molecule has 0 unspecified atom stereocenters. The molecule has 4 aromatic rings. The van der Waals surface area contributed by atoms with Crippen molar-refractivity contribution in [1.82, 2.24) is 9.13 Å². The lowest BCUT2D eigenvalue weighted by molar-refractivity contribution is -0.116. The van der Waals surface area contributed by atoms with Gasteiger partial charge in [-0.2, -0.15) is 0 Å². The Hall–Kier alpha value is -3.52. The third kappa shape index (κ3) is 3.82. The van der Waals surface area contributed by atoms with E-state index in [0.717, 1.165) is 15.7 Å². The highest BCUT2D eigenvalue weighted by molar-refractivity contribution is 7.17. The molecule has 0 saturated carbocycles. The smallest absolute Gasteiger partial charge is 0.324 e. The average molecular weight is 437 g/mol. The molecule has 0 spiro atoms. The van der Waals surface area contributed by atoms with Gasteiger partial charge in [-0.3, -0.25) is 14.2 Å². The zero-order valence-corrected chi connectivity index (χ0v) is 18.0. The van der Waals surface area contributed by atoms with Crippen molar-refractivity contribution in [3.8, 4) is 5.69 Å². The van der Waals surface area contributed by atoms with Crippen LogP contribution >= 0.6 is 11.3 Å². The molecule has 0 bridgehead atoms. The molecule has 4 rings (SSSR count). The number of hydrogen-bond acceptors (Lipinski definition) is 4. The molecule has 2 aromatic heterocycles. The Morgan fingerprint density at radius 3 is 2.52 bits per heavy atom. The van der Waals surface area contributed by atoms with E-state index < -0.39 is 23.0 Å². The molecule has 0 saturated heterocycles. The summed E-state index contributed by atoms with van der Waals surface area (Å²) in [6, 6.07) is 11.6. The molecule has 0 aliphatic heterocycles. The lowest BCUT2D eigenvalue weighted by atomic mass is 10.1. The number of benzene rings is 2. The summed E-state index contributed by atoms with van der Waals surface area (Å²) in [5, 5.41) is 4.33. The van der Waals surface area contributed by atoms with Gasteiger partial charge in [0, 0.05) is 5.69 Å². The SMILES string of the molecule is Cc1ccc(C)c(-n2c(=O)c3sccc3n(CC(=O)Nc3ccc(C)c(F)c3)c2=O)c1. The van der Waals surface area contributed by atoms with Crippen LogP contribution in [0.15, 0.2) is 57.4 Å². The van der Waals surface area contributed by atoms with Crippen molar-refractivity contribution in [1.29, 1.82) is 0 Å². The van der Waals surface area contributed by atoms with Gasteiger partial charge in [-0.1, -0.05) is 18.2 Å². The predicted octanol–water partition coefficient (Wildman–Crippen LogP) is 3.92. The third-order valence-electron chi connectivity index (χ3n) is 5.12. The van der Waals surface area contributed by atoms with E-state index in [0.29, 0.717) is 27.2 Å². The van der Waals surface area contributed by atoms with E-state index in [1.807, 2.05) is 26.0 Å². The summed E-state index contributed by atoms with van der Waals surface area (Å²) >= 11 is 1.22. The average Bonchev–Trinajstić information content (AvgIpc) is 3.21. The molecule has 0 atom stereocenters. The molecule has 0 fully saturated rings. The highest BCUT2D eigenvalue weighted by Crippen LogP contribution is 2.19. The van der Waals surface area contributed by atoms with E-state index in [4.69, 9.17) is 0 Å². The standard InChI is InChI=1S/C23H20FN3O3S/c1-13-4-5-15(3)19(10-13)27-22(29)21-18(8-9-31-21)26(23(27)30)12-20(28)25-16-7-6-14(2)17(24)11-16/h4-11H,12H2,1-3H3,(H,25,28). The Bertz CT molecular complexity index is 1450. The van der Waals surface area contributed by atoms with Crippen LogP contribution in [0.4, 0.5) is 10.1 Å². The molecular formula is C23H20FN3O3S. The minimum absolute atomic E-state index is 0.297. The van der Waals surface area contributed by atoms with Gasteiger partial charge >= 0.3 is 5.69 Å². The Balaban J connectivity index is 1.81. The number of carbonyl (C=O) groups excluding carboxylic acids is 1. The highest BCUT2D eigenvalue weighted by atomic mass is 32.1. The maximum absolute atomic E-state index is 13.8. The molecule has 158 valence electrons. The number of amides is 1. The zero-order valence-electron chi connectivity index (χ0n) is 17.2. The summed E-state index contributed by atoms with van der Waals surface area (Å²) in [5.41, 5.74) is 2.30. The minimum Gasteiger partial charge on any atom is -0.324 e. The number of hydrogen-bond donors (Lipinski definition) is 1. The second-order valence-electron chi connectivity index (χ2n) is 7.45. The van der Waals surface area contributed by atoms with Crippen molar-refractivity contribution < 1.29 is 9.18 Å². The molecular weight excluding hydrogens is 417 g/mol. The van der Waals surface area contributed by atoms with E-state index in [1.165, 1.54) is 22.0 Å². The number of nitrogens with zero attached hydrogens (tertiary/aromatic N) is 2. The Morgan fingerprint density at radius 2 is 1.77 bits per heavy atom. The van der Waals surface area contributed by atoms with Crippen molar-refractivity contribution in [3.63, 3.8) is 0 Å². The number of thiophene rings is 1. The topological polar surface area (TPSA) is 73.1 Å². The van der Waals surface area contributed by atoms with Crippen molar-refractivity contribution in [2.45, 2.75) is 27.3 Å². The quantitative estimate of drug-likeness (QED) is 0.526. The van der Waals surface area contributed by atoms with Crippen LogP contribution in [0.2, 0.25) is 0 Å². The highest BCUT2D eigenvalue weighted by Gasteiger charge is 2.19. The second-order valence-corrected chi connectivity index (χ2v) is 8.36. The molecule has 1 N–H and O–H groups in total. The van der Waals surface area contributed by atoms with Crippen LogP contribution in [0.3, 0.4) is 0 Å². The number of nitrogens with one attached hydrogen (secondary N) is 1. The van der Waals surface area contributed by atoms with Crippen molar-refractivity contribution in [2.75, 3.05) is 5.32 Å². The summed E-state index contributed by atoms with van der Waals surface area (Å²) in [6.45, 7) is 5.02. The lowest BCUT2D eigenvalue weighted by Gasteiger charge is -2.14. The summed E-state index contributed by atoms with van der Waals surface area (Å²) in [5.74, 6) is -0.928. The first-order chi connectivity index (χ1) is 14.8. The fraction of sp³-hybridized carbons (Fsp3) is 0.174. The Morgan fingerprint density at radius 1 is 1.03 bits per heavy atom. The fourth-order valence-corrected chi connectivity index (χ4v) is 4.25. The van der Waals surface area contributed by atoms with Crippen LogP contribution < -0.4 is 16.6 Å². The van der Waals surface area contributed by atoms with Crippen LogP contribution in [0, 0.1) is 26.6 Å². The van der Waals surface area contributed by atoms with E-state index >= 15 is 0 Å². The lowest BCUT2D eigenvalue weighted by Crippen LogP contribution is -2.40. The number of aromatic nitrogens is 2. The third-order valence-corrected chi connectivity index (χ3v) is 6.01. The monoisotopic (exact) mass is 437 g/mol. The largest absolute Gasteiger partial charge is 0.336 e. The summed E-state index contributed by atoms with van der Waals surface area (Å²) in [7, 11) is 0. The van der Waals surface area contributed by atoms with Gasteiger partial charge in [-0.25, -0.2) is 13.8 Å². The van der Waals surface area contributed by atoms with Gasteiger partial charge in [0.1, 0.15) is 17.1 Å². The molecule has 0 aliphatic carbocycles. The van der Waals surface area contributed by atoms with E-state index in [2.05, 4.69) is 5.32 Å². The molecule has 8 heteroatoms. The number of anilines is 1. The number of halogens is 1. The van der Waals surface area contributed by atoms with E-state index in [1.54, 1.807) is 36.6 Å². The number of fused-ring (bicyclic) bond motifs is 1. The molecule has 6 nitrogen and oxygen atoms in total. The first kappa shape index (κ1) is 20.7. The molecule has 2 aromatic carbocycles. The zero-order chi connectivity index (χ0) is 22.3. The van der Waals surface area contributed by atoms with Gasteiger partial charge in [0.15, 0.2) is 0 Å². The van der Waals surface area contributed by atoms with Gasteiger partial charge in [-0.15, -0.1) is 11.3 Å². The van der Waals surface area contributed by atoms with Crippen LogP contribution in [0.25, 0.3) is 15.9 Å². The molecule has 0 radical (unpaired) electrons. The first-order valence-corrected chi connectivity index (χ1v) is 10.5. The molecule has 0 aliphatic rings. The maximum atomic E-state index is 13.8. The molecule has 1 amide bonds. The number of aryl methyl sites for hydroxylation is 3. The Kier molecular flexibility index (Phi) is 5.32. The first-order valence-electron chi connectivity index (χ1n) is 9.63. The summed E-state index contributed by atoms with van der Waals surface area (Å²) in [6.07, 6.45) is 0. The van der Waals surface area contributed by atoms with E-state index in [-0.39, 0.29) is 6.54 Å². The van der Waals surface area contributed by atoms with Gasteiger partial charge in [0.2, 0.25) is 5.91 Å². The van der Waals surface area contributed by atoms with Crippen LogP contribution in [-0.4, -0.2) is 15.0 Å². The minimum atomic E-state index is -0.602. The van der Waals surface area contributed by atoms with Gasteiger partial charge in [0.05, 0.1) is 11.2 Å². The number of carbonyl (C=O) groups is 1. The normalized spacial score (nSPS) is 11.1. The Labute approximate surface area is 181 Å². The summed E-state index contributed by atoms with van der Waals surface area (Å²) in [4.78, 5) is 39.1. The van der Waals surface area contributed by atoms with E-state index in [9.17, 15) is 18.8 Å². The van der Waals surface area contributed by atoms with Crippen molar-refractivity contribution in [3.05, 3.63) is 91.2 Å². The predicted molar refractivity (Wildman–Crippen MR) is 121 cm³/mol. The van der Waals surface area contributed by atoms with Crippen molar-refractivity contribution in [2.24, 2.45) is 0 Å². The van der Waals surface area contributed by atoms with Gasteiger partial charge in [0.25, 0.3) is 5.56 Å². The number of rotatable bonds is 4. The molecule has 2 heterocycles. The van der Waals surface area contributed by atoms with Gasteiger partial charge < -0.3 is 5.32 Å². The maximum Gasteiger partial charge on any atom is 0.336 e. The second kappa shape index (κ2) is 7.96. The molecule has 31 heavy (non-hydrogen) atoms. The fourth-order valence-electron chi connectivity index (χ4n) is 3.43.